The van der Waals surface area contributed by atoms with Crippen molar-refractivity contribution in [2.24, 2.45) is 17.8 Å². The molecule has 2 atom stereocenters. The highest BCUT2D eigenvalue weighted by Crippen LogP contribution is 2.18. The van der Waals surface area contributed by atoms with Crippen LogP contribution in [0.15, 0.2) is 0 Å². The number of hydrogen-bond acceptors (Lipinski definition) is 1. The predicted molar refractivity (Wildman–Crippen MR) is 56.3 cm³/mol. The van der Waals surface area contributed by atoms with E-state index in [0.29, 0.717) is 0 Å². The lowest BCUT2D eigenvalue weighted by atomic mass is 9.88. The molecule has 0 amide bonds. The van der Waals surface area contributed by atoms with Gasteiger partial charge in [0, 0.05) is 0 Å². The van der Waals surface area contributed by atoms with E-state index >= 15 is 0 Å². The fourth-order valence-corrected chi connectivity index (χ4v) is 1.55. The summed E-state index contributed by atoms with van der Waals surface area (Å²) >= 11 is 0. The Labute approximate surface area is 77.9 Å². The van der Waals surface area contributed by atoms with Crippen LogP contribution in [0.4, 0.5) is 0 Å². The smallest absolute Gasteiger partial charge is 0.00207 e. The van der Waals surface area contributed by atoms with E-state index in [2.05, 4.69) is 39.9 Å². The molecule has 0 aliphatic carbocycles. The zero-order valence-electron chi connectivity index (χ0n) is 9.35. The molecule has 0 bridgehead atoms. The predicted octanol–water partition coefficient (Wildman–Crippen LogP) is 2.91. The van der Waals surface area contributed by atoms with Gasteiger partial charge >= 0.3 is 0 Å². The second-order valence-corrected chi connectivity index (χ2v) is 4.39. The first-order valence-electron chi connectivity index (χ1n) is 5.28. The largest absolute Gasteiger partial charge is 0.317 e. The molecule has 0 aromatic heterocycles. The Morgan fingerprint density at radius 1 is 1.00 bits per heavy atom. The van der Waals surface area contributed by atoms with Gasteiger partial charge in [0.25, 0.3) is 0 Å². The first-order chi connectivity index (χ1) is 5.57. The van der Waals surface area contributed by atoms with Crippen LogP contribution in [-0.4, -0.2) is 13.1 Å². The van der Waals surface area contributed by atoms with Crippen molar-refractivity contribution in [2.75, 3.05) is 13.1 Å². The highest BCUT2D eigenvalue weighted by atomic mass is 14.8. The molecule has 0 heterocycles. The van der Waals surface area contributed by atoms with Gasteiger partial charge < -0.3 is 5.32 Å². The summed E-state index contributed by atoms with van der Waals surface area (Å²) in [6.45, 7) is 13.7. The molecule has 0 saturated carbocycles. The molecular weight excluding hydrogens is 146 g/mol. The maximum absolute atomic E-state index is 3.40. The lowest BCUT2D eigenvalue weighted by molar-refractivity contribution is 0.314. The zero-order chi connectivity index (χ0) is 9.56. The fourth-order valence-electron chi connectivity index (χ4n) is 1.55. The monoisotopic (exact) mass is 171 g/mol. The lowest BCUT2D eigenvalue weighted by Crippen LogP contribution is -2.25. The molecule has 0 rings (SSSR count). The number of hydrogen-bond donors (Lipinski definition) is 1. The third-order valence-electron chi connectivity index (χ3n) is 2.53. The first kappa shape index (κ1) is 12.0. The van der Waals surface area contributed by atoms with E-state index in [1.807, 2.05) is 0 Å². The summed E-state index contributed by atoms with van der Waals surface area (Å²) < 4.78 is 0. The van der Waals surface area contributed by atoms with E-state index < -0.39 is 0 Å². The highest BCUT2D eigenvalue weighted by Gasteiger charge is 2.12. The van der Waals surface area contributed by atoms with Crippen LogP contribution >= 0.6 is 0 Å². The topological polar surface area (TPSA) is 12.0 Å². The van der Waals surface area contributed by atoms with Gasteiger partial charge in [-0.3, -0.25) is 0 Å². The summed E-state index contributed by atoms with van der Waals surface area (Å²) in [6, 6.07) is 0. The van der Waals surface area contributed by atoms with E-state index in [9.17, 15) is 0 Å². The summed E-state index contributed by atoms with van der Waals surface area (Å²) in [6.07, 6.45) is 1.35. The summed E-state index contributed by atoms with van der Waals surface area (Å²) in [5.74, 6) is 2.50. The maximum atomic E-state index is 3.40. The van der Waals surface area contributed by atoms with Crippen molar-refractivity contribution in [3.63, 3.8) is 0 Å². The third kappa shape index (κ3) is 5.59. The van der Waals surface area contributed by atoms with Gasteiger partial charge in [-0.15, -0.1) is 0 Å². The SMILES string of the molecule is CCNCC(C)C(C)CC(C)C. The summed E-state index contributed by atoms with van der Waals surface area (Å²) in [5.41, 5.74) is 0. The van der Waals surface area contributed by atoms with Gasteiger partial charge in [0.2, 0.25) is 0 Å². The fraction of sp³-hybridized carbons (Fsp3) is 1.00. The number of rotatable bonds is 6. The highest BCUT2D eigenvalue weighted by molar-refractivity contribution is 4.65. The van der Waals surface area contributed by atoms with Crippen molar-refractivity contribution in [3.05, 3.63) is 0 Å². The van der Waals surface area contributed by atoms with Crippen molar-refractivity contribution in [1.82, 2.24) is 5.32 Å². The van der Waals surface area contributed by atoms with Crippen molar-refractivity contribution < 1.29 is 0 Å². The van der Waals surface area contributed by atoms with Crippen LogP contribution in [0.25, 0.3) is 0 Å². The van der Waals surface area contributed by atoms with Gasteiger partial charge in [-0.05, 0) is 37.3 Å². The van der Waals surface area contributed by atoms with Gasteiger partial charge in [0.15, 0.2) is 0 Å². The summed E-state index contributed by atoms with van der Waals surface area (Å²) in [7, 11) is 0. The van der Waals surface area contributed by atoms with Crippen molar-refractivity contribution >= 4 is 0 Å². The van der Waals surface area contributed by atoms with Gasteiger partial charge in [0.1, 0.15) is 0 Å². The minimum absolute atomic E-state index is 0.812. The van der Waals surface area contributed by atoms with Crippen LogP contribution in [0.5, 0.6) is 0 Å². The van der Waals surface area contributed by atoms with Gasteiger partial charge in [-0.2, -0.15) is 0 Å². The van der Waals surface area contributed by atoms with Crippen LogP contribution < -0.4 is 5.32 Å². The molecule has 0 spiro atoms. The summed E-state index contributed by atoms with van der Waals surface area (Å²) in [4.78, 5) is 0. The molecule has 0 radical (unpaired) electrons. The average Bonchev–Trinajstić information content (AvgIpc) is 1.98. The van der Waals surface area contributed by atoms with Crippen molar-refractivity contribution in [3.8, 4) is 0 Å². The Morgan fingerprint density at radius 3 is 2.00 bits per heavy atom. The molecule has 1 heteroatoms. The molecule has 2 unspecified atom stereocenters. The minimum atomic E-state index is 0.812. The Balaban J connectivity index is 3.53. The van der Waals surface area contributed by atoms with E-state index in [0.717, 1.165) is 24.3 Å². The van der Waals surface area contributed by atoms with Crippen LogP contribution in [0.3, 0.4) is 0 Å². The average molecular weight is 171 g/mol. The molecule has 74 valence electrons. The molecule has 1 N–H and O–H groups in total. The second-order valence-electron chi connectivity index (χ2n) is 4.39. The Bertz CT molecular complexity index is 99.2. The van der Waals surface area contributed by atoms with Crippen LogP contribution in [0.1, 0.15) is 41.0 Å². The van der Waals surface area contributed by atoms with Crippen molar-refractivity contribution in [2.45, 2.75) is 41.0 Å². The minimum Gasteiger partial charge on any atom is -0.317 e. The molecule has 0 saturated heterocycles. The maximum Gasteiger partial charge on any atom is -0.00207 e. The molecule has 0 aromatic carbocycles. The van der Waals surface area contributed by atoms with E-state index in [1.54, 1.807) is 0 Å². The molecular formula is C11H25N. The molecule has 0 fully saturated rings. The Hall–Kier alpha value is -0.0400. The standard InChI is InChI=1S/C11H25N/c1-6-12-8-11(5)10(4)7-9(2)3/h9-12H,6-8H2,1-5H3. The van der Waals surface area contributed by atoms with E-state index in [-0.39, 0.29) is 0 Å². The normalized spacial score (nSPS) is 16.5. The third-order valence-corrected chi connectivity index (χ3v) is 2.53. The quantitative estimate of drug-likeness (QED) is 0.648. The van der Waals surface area contributed by atoms with Gasteiger partial charge in [0.05, 0.1) is 0 Å². The van der Waals surface area contributed by atoms with E-state index in [1.165, 1.54) is 13.0 Å². The molecule has 0 aliphatic heterocycles. The molecule has 0 aromatic rings. The van der Waals surface area contributed by atoms with Gasteiger partial charge in [-0.25, -0.2) is 0 Å². The van der Waals surface area contributed by atoms with Crippen LogP contribution in [-0.2, 0) is 0 Å². The first-order valence-corrected chi connectivity index (χ1v) is 5.28. The van der Waals surface area contributed by atoms with Crippen molar-refractivity contribution in [1.29, 1.82) is 0 Å². The zero-order valence-corrected chi connectivity index (χ0v) is 9.35. The second kappa shape index (κ2) is 6.47. The molecule has 12 heavy (non-hydrogen) atoms. The Morgan fingerprint density at radius 2 is 1.58 bits per heavy atom. The van der Waals surface area contributed by atoms with E-state index in [4.69, 9.17) is 0 Å². The Kier molecular flexibility index (Phi) is 6.45. The van der Waals surface area contributed by atoms with Crippen LogP contribution in [0.2, 0.25) is 0 Å². The summed E-state index contributed by atoms with van der Waals surface area (Å²) in [5, 5.41) is 3.40. The lowest BCUT2D eigenvalue weighted by Gasteiger charge is -2.21. The molecule has 0 aliphatic rings. The van der Waals surface area contributed by atoms with Gasteiger partial charge in [-0.1, -0.05) is 34.6 Å². The van der Waals surface area contributed by atoms with Crippen LogP contribution in [0, 0.1) is 17.8 Å². The molecule has 1 nitrogen and oxygen atoms in total. The number of nitrogens with one attached hydrogen (secondary N) is 1.